The summed E-state index contributed by atoms with van der Waals surface area (Å²) in [6.45, 7) is 0. The number of hydrogen-bond donors (Lipinski definition) is 2. The molecule has 1 heterocycles. The van der Waals surface area contributed by atoms with E-state index in [-0.39, 0.29) is 0 Å². The summed E-state index contributed by atoms with van der Waals surface area (Å²) in [6, 6.07) is 13.8. The smallest absolute Gasteiger partial charge is 0.328 e. The van der Waals surface area contributed by atoms with Crippen molar-refractivity contribution in [3.63, 3.8) is 0 Å². The Morgan fingerprint density at radius 1 is 0.700 bits per heavy atom. The standard InChI is InChI=1S/C6H6.C4H4N2.C4H4O4/c1-2-4-6-5-3-1;1-2-5-4-6-3-1;5-3(6)1-2-4(7)8/h1-6H;1-4H;1-2H,(H,5,6)(H,7,8)/b;;2-1-. The van der Waals surface area contributed by atoms with E-state index in [9.17, 15) is 9.59 Å². The van der Waals surface area contributed by atoms with Gasteiger partial charge in [0.2, 0.25) is 0 Å². The number of carboxylic acids is 2. The summed E-state index contributed by atoms with van der Waals surface area (Å²) >= 11 is 0. The first-order valence-electron chi connectivity index (χ1n) is 5.47. The number of aromatic nitrogens is 2. The van der Waals surface area contributed by atoms with E-state index in [0.29, 0.717) is 12.2 Å². The van der Waals surface area contributed by atoms with Crippen molar-refractivity contribution in [2.45, 2.75) is 0 Å². The van der Waals surface area contributed by atoms with Crippen LogP contribution >= 0.6 is 0 Å². The van der Waals surface area contributed by atoms with E-state index in [0.717, 1.165) is 0 Å². The molecule has 1 aromatic carbocycles. The highest BCUT2D eigenvalue weighted by Crippen LogP contribution is 1.79. The summed E-state index contributed by atoms with van der Waals surface area (Å²) in [7, 11) is 0. The Hall–Kier alpha value is -3.02. The maximum absolute atomic E-state index is 9.55. The number of carboxylic acid groups (broad SMARTS) is 2. The van der Waals surface area contributed by atoms with Crippen LogP contribution in [0.2, 0.25) is 0 Å². The highest BCUT2D eigenvalue weighted by atomic mass is 16.4. The van der Waals surface area contributed by atoms with Gasteiger partial charge in [-0.25, -0.2) is 19.6 Å². The van der Waals surface area contributed by atoms with Crippen molar-refractivity contribution >= 4 is 11.9 Å². The van der Waals surface area contributed by atoms with Crippen molar-refractivity contribution in [1.82, 2.24) is 9.97 Å². The maximum atomic E-state index is 9.55. The molecular weight excluding hydrogens is 260 g/mol. The van der Waals surface area contributed by atoms with Crippen molar-refractivity contribution in [2.75, 3.05) is 0 Å². The number of benzene rings is 1. The molecule has 0 unspecified atom stereocenters. The Labute approximate surface area is 116 Å². The number of rotatable bonds is 2. The van der Waals surface area contributed by atoms with Gasteiger partial charge in [-0.15, -0.1) is 0 Å². The van der Waals surface area contributed by atoms with Crippen LogP contribution in [0.3, 0.4) is 0 Å². The van der Waals surface area contributed by atoms with Gasteiger partial charge >= 0.3 is 11.9 Å². The van der Waals surface area contributed by atoms with E-state index in [1.807, 2.05) is 36.4 Å². The van der Waals surface area contributed by atoms with Crippen LogP contribution in [0.4, 0.5) is 0 Å². The second kappa shape index (κ2) is 12.4. The molecule has 2 aromatic rings. The summed E-state index contributed by atoms with van der Waals surface area (Å²) in [5.41, 5.74) is 0. The SMILES string of the molecule is O=C(O)/C=C\C(=O)O.c1ccccc1.c1cncnc1. The summed E-state index contributed by atoms with van der Waals surface area (Å²) in [5, 5.41) is 15.6. The zero-order valence-corrected chi connectivity index (χ0v) is 10.5. The predicted molar refractivity (Wildman–Crippen MR) is 72.9 cm³/mol. The average Bonchev–Trinajstić information content (AvgIpc) is 2.50. The number of carbonyl (C=O) groups is 2. The molecule has 2 N–H and O–H groups in total. The first-order chi connectivity index (χ1) is 9.63. The van der Waals surface area contributed by atoms with Crippen LogP contribution in [-0.4, -0.2) is 32.1 Å². The fraction of sp³-hybridized carbons (Fsp3) is 0. The van der Waals surface area contributed by atoms with Crippen LogP contribution in [0.25, 0.3) is 0 Å². The van der Waals surface area contributed by atoms with Crippen LogP contribution in [0, 0.1) is 0 Å². The van der Waals surface area contributed by atoms with Gasteiger partial charge in [0, 0.05) is 24.5 Å². The van der Waals surface area contributed by atoms with E-state index in [1.165, 1.54) is 6.33 Å². The molecule has 0 fully saturated rings. The first kappa shape index (κ1) is 17.0. The van der Waals surface area contributed by atoms with E-state index in [1.54, 1.807) is 18.5 Å². The zero-order valence-electron chi connectivity index (χ0n) is 10.5. The molecule has 0 aliphatic carbocycles. The third-order valence-corrected chi connectivity index (χ3v) is 1.51. The van der Waals surface area contributed by atoms with Gasteiger partial charge in [0.25, 0.3) is 0 Å². The zero-order chi connectivity index (χ0) is 15.1. The Balaban J connectivity index is 0.000000274. The molecule has 104 valence electrons. The van der Waals surface area contributed by atoms with Crippen molar-refractivity contribution < 1.29 is 19.8 Å². The lowest BCUT2D eigenvalue weighted by Gasteiger charge is -1.74. The van der Waals surface area contributed by atoms with Crippen LogP contribution in [-0.2, 0) is 9.59 Å². The molecule has 0 saturated carbocycles. The van der Waals surface area contributed by atoms with Crippen molar-refractivity contribution in [3.8, 4) is 0 Å². The minimum atomic E-state index is -1.26. The Kier molecular flexibility index (Phi) is 10.6. The summed E-state index contributed by atoms with van der Waals surface area (Å²) < 4.78 is 0. The second-order valence-electron chi connectivity index (χ2n) is 3.07. The molecule has 0 spiro atoms. The molecule has 20 heavy (non-hydrogen) atoms. The van der Waals surface area contributed by atoms with Gasteiger partial charge in [0.05, 0.1) is 0 Å². The Bertz CT molecular complexity index is 400. The lowest BCUT2D eigenvalue weighted by molar-refractivity contribution is -0.134. The molecule has 0 amide bonds. The maximum Gasteiger partial charge on any atom is 0.328 e. The number of aliphatic carboxylic acids is 2. The third kappa shape index (κ3) is 15.0. The molecular formula is C14H14N2O4. The number of nitrogens with zero attached hydrogens (tertiary/aromatic N) is 2. The normalized spacial score (nSPS) is 8.60. The molecule has 2 rings (SSSR count). The average molecular weight is 274 g/mol. The fourth-order valence-electron chi connectivity index (χ4n) is 0.781. The largest absolute Gasteiger partial charge is 0.478 e. The van der Waals surface area contributed by atoms with Crippen LogP contribution in [0.5, 0.6) is 0 Å². The highest BCUT2D eigenvalue weighted by Gasteiger charge is 1.88. The van der Waals surface area contributed by atoms with Crippen molar-refractivity contribution in [3.05, 3.63) is 73.3 Å². The minimum Gasteiger partial charge on any atom is -0.478 e. The lowest BCUT2D eigenvalue weighted by atomic mass is 10.4. The molecule has 0 bridgehead atoms. The van der Waals surface area contributed by atoms with Crippen LogP contribution in [0.15, 0.2) is 73.3 Å². The topological polar surface area (TPSA) is 100 Å². The molecule has 0 radical (unpaired) electrons. The van der Waals surface area contributed by atoms with Gasteiger partial charge in [-0.2, -0.15) is 0 Å². The third-order valence-electron chi connectivity index (χ3n) is 1.51. The molecule has 6 heteroatoms. The Morgan fingerprint density at radius 2 is 1.05 bits per heavy atom. The van der Waals surface area contributed by atoms with Crippen molar-refractivity contribution in [2.24, 2.45) is 0 Å². The van der Waals surface area contributed by atoms with Gasteiger partial charge in [-0.1, -0.05) is 36.4 Å². The number of hydrogen-bond acceptors (Lipinski definition) is 4. The summed E-state index contributed by atoms with van der Waals surface area (Å²) in [5.74, 6) is -2.51. The van der Waals surface area contributed by atoms with Crippen LogP contribution in [0.1, 0.15) is 0 Å². The molecule has 1 aromatic heterocycles. The van der Waals surface area contributed by atoms with Crippen molar-refractivity contribution in [1.29, 1.82) is 0 Å². The van der Waals surface area contributed by atoms with Gasteiger partial charge < -0.3 is 10.2 Å². The van der Waals surface area contributed by atoms with E-state index in [4.69, 9.17) is 10.2 Å². The molecule has 0 saturated heterocycles. The van der Waals surface area contributed by atoms with Gasteiger partial charge in [0.15, 0.2) is 0 Å². The quantitative estimate of drug-likeness (QED) is 0.811. The fourth-order valence-corrected chi connectivity index (χ4v) is 0.781. The second-order valence-corrected chi connectivity index (χ2v) is 3.07. The lowest BCUT2D eigenvalue weighted by Crippen LogP contribution is -1.91. The molecule has 0 aliphatic rings. The van der Waals surface area contributed by atoms with E-state index >= 15 is 0 Å². The molecule has 6 nitrogen and oxygen atoms in total. The summed E-state index contributed by atoms with van der Waals surface area (Å²) in [4.78, 5) is 26.5. The van der Waals surface area contributed by atoms with Gasteiger partial charge in [0.1, 0.15) is 6.33 Å². The summed E-state index contributed by atoms with van der Waals surface area (Å²) in [6.07, 6.45) is 5.99. The van der Waals surface area contributed by atoms with Crippen LogP contribution < -0.4 is 0 Å². The minimum absolute atomic E-state index is 0.558. The van der Waals surface area contributed by atoms with E-state index < -0.39 is 11.9 Å². The van der Waals surface area contributed by atoms with Gasteiger partial charge in [-0.05, 0) is 6.07 Å². The molecule has 0 aliphatic heterocycles. The monoisotopic (exact) mass is 274 g/mol. The van der Waals surface area contributed by atoms with Gasteiger partial charge in [-0.3, -0.25) is 0 Å². The first-order valence-corrected chi connectivity index (χ1v) is 5.47. The van der Waals surface area contributed by atoms with E-state index in [2.05, 4.69) is 9.97 Å². The molecule has 0 atom stereocenters. The highest BCUT2D eigenvalue weighted by molar-refractivity contribution is 5.89. The predicted octanol–water partition coefficient (Wildman–Crippen LogP) is 1.88. The Morgan fingerprint density at radius 3 is 1.20 bits per heavy atom.